The van der Waals surface area contributed by atoms with Crippen LogP contribution >= 0.6 is 0 Å². The van der Waals surface area contributed by atoms with E-state index in [1.807, 2.05) is 15.5 Å². The zero-order valence-corrected chi connectivity index (χ0v) is 27.2. The van der Waals surface area contributed by atoms with Crippen LogP contribution in [0.2, 0.25) is 0 Å². The lowest BCUT2D eigenvalue weighted by Gasteiger charge is -2.23. The van der Waals surface area contributed by atoms with Gasteiger partial charge < -0.3 is 55.7 Å². The van der Waals surface area contributed by atoms with Crippen molar-refractivity contribution in [3.8, 4) is 0 Å². The normalized spacial score (nSPS) is 12.7. The van der Waals surface area contributed by atoms with E-state index >= 15 is 0 Å². The lowest BCUT2D eigenvalue weighted by atomic mass is 10.1. The molecule has 9 N–H and O–H groups in total. The monoisotopic (exact) mass is 724 g/mol. The minimum absolute atomic E-state index is 0.0356. The highest BCUT2D eigenvalue weighted by atomic mass is 16.4. The van der Waals surface area contributed by atoms with E-state index in [0.29, 0.717) is 24.6 Å². The van der Waals surface area contributed by atoms with Crippen LogP contribution in [-0.4, -0.2) is 127 Å². The fourth-order valence-corrected chi connectivity index (χ4v) is 4.80. The van der Waals surface area contributed by atoms with Crippen LogP contribution in [0.3, 0.4) is 0 Å². The average molecular weight is 725 g/mol. The molecule has 2 heterocycles. The highest BCUT2D eigenvalue weighted by Crippen LogP contribution is 2.12. The van der Waals surface area contributed by atoms with Gasteiger partial charge in [-0.15, -0.1) is 0 Å². The molecule has 0 aliphatic heterocycles. The zero-order chi connectivity index (χ0) is 38.1. The highest BCUT2D eigenvalue weighted by molar-refractivity contribution is 5.87. The Bertz CT molecular complexity index is 1500. The van der Waals surface area contributed by atoms with E-state index in [4.69, 9.17) is 10.2 Å². The minimum Gasteiger partial charge on any atom is -0.481 e. The summed E-state index contributed by atoms with van der Waals surface area (Å²) < 4.78 is 2.86. The third-order valence-electron chi connectivity index (χ3n) is 7.31. The van der Waals surface area contributed by atoms with Crippen molar-refractivity contribution >= 4 is 47.8 Å². The molecule has 3 amide bonds. The molecular formula is C29H40N8O14. The number of urea groups is 1. The molecule has 0 fully saturated rings. The molecule has 2 aromatic heterocycles. The van der Waals surface area contributed by atoms with Crippen molar-refractivity contribution in [3.05, 3.63) is 36.4 Å². The van der Waals surface area contributed by atoms with Gasteiger partial charge >= 0.3 is 41.8 Å². The number of carboxylic acid groups (broad SMARTS) is 6. The highest BCUT2D eigenvalue weighted by Gasteiger charge is 2.27. The summed E-state index contributed by atoms with van der Waals surface area (Å²) in [5.41, 5.74) is 0. The molecule has 0 radical (unpaired) electrons. The maximum atomic E-state index is 12.6. The molecule has 2 aromatic rings. The van der Waals surface area contributed by atoms with Gasteiger partial charge in [-0.25, -0.2) is 29.1 Å². The maximum Gasteiger partial charge on any atom is 0.326 e. The van der Waals surface area contributed by atoms with Crippen LogP contribution in [0.25, 0.3) is 0 Å². The molecule has 280 valence electrons. The number of imidazole rings is 2. The smallest absolute Gasteiger partial charge is 0.326 e. The van der Waals surface area contributed by atoms with E-state index in [1.165, 1.54) is 33.9 Å². The van der Waals surface area contributed by atoms with E-state index in [1.54, 1.807) is 0 Å². The van der Waals surface area contributed by atoms with Crippen molar-refractivity contribution in [2.45, 2.75) is 89.3 Å². The van der Waals surface area contributed by atoms with Crippen LogP contribution in [0.4, 0.5) is 4.79 Å². The number of nitrogens with zero attached hydrogens (tertiary/aromatic N) is 5. The van der Waals surface area contributed by atoms with E-state index < -0.39 is 91.6 Å². The van der Waals surface area contributed by atoms with Gasteiger partial charge in [0.2, 0.25) is 5.91 Å². The number of aromatic nitrogens is 4. The van der Waals surface area contributed by atoms with Gasteiger partial charge in [0.1, 0.15) is 42.9 Å². The standard InChI is InChI=1S/C29H40N8O14/c38-22(6-4-18(27(47)48)33-29(51)34-19(28(49)50)5-7-23(39)40)32-17(26(45)46)3-1-2-10-35(13-20-30-8-11-36(20)15-24(41)42)14-21-31-9-12-37(21)16-25(43)44/h8-9,11-12,17-19H,1-7,10,13-16H2,(H,32,38)(H,39,40)(H,41,42)(H,43,44)(H,45,46)(H,47,48)(H,49,50)(H2,33,34,51)/t17-,18+,19-/m1/s1. The summed E-state index contributed by atoms with van der Waals surface area (Å²) in [7, 11) is 0. The van der Waals surface area contributed by atoms with Crippen LogP contribution < -0.4 is 16.0 Å². The largest absolute Gasteiger partial charge is 0.481 e. The van der Waals surface area contributed by atoms with Crippen LogP contribution in [0, 0.1) is 0 Å². The SMILES string of the molecule is O=C(O)CC[C@@H](NC(=O)N[C@@H](CCC(=O)N[C@H](CCCCN(Cc1nccn1CC(=O)O)Cc1nccn1CC(=O)O)C(=O)O)C(=O)O)C(=O)O. The summed E-state index contributed by atoms with van der Waals surface area (Å²) in [6.07, 6.45) is 4.42. The van der Waals surface area contributed by atoms with Gasteiger partial charge in [0.25, 0.3) is 0 Å². The second-order valence-corrected chi connectivity index (χ2v) is 11.3. The number of hydrogen-bond acceptors (Lipinski definition) is 11. The first-order valence-electron chi connectivity index (χ1n) is 15.5. The first-order valence-corrected chi connectivity index (χ1v) is 15.5. The maximum absolute atomic E-state index is 12.6. The molecular weight excluding hydrogens is 684 g/mol. The summed E-state index contributed by atoms with van der Waals surface area (Å²) >= 11 is 0. The van der Waals surface area contributed by atoms with Gasteiger partial charge in [0.15, 0.2) is 0 Å². The van der Waals surface area contributed by atoms with Crippen molar-refractivity contribution in [2.24, 2.45) is 0 Å². The summed E-state index contributed by atoms with van der Waals surface area (Å²) in [5.74, 6) is -7.96. The molecule has 22 heteroatoms. The number of rotatable bonds is 25. The predicted octanol–water partition coefficient (Wildman–Crippen LogP) is -1.16. The van der Waals surface area contributed by atoms with Crippen molar-refractivity contribution in [3.63, 3.8) is 0 Å². The number of carbonyl (C=O) groups excluding carboxylic acids is 2. The molecule has 3 atom stereocenters. The second kappa shape index (κ2) is 20.5. The van der Waals surface area contributed by atoms with Gasteiger partial charge in [-0.2, -0.15) is 0 Å². The van der Waals surface area contributed by atoms with Gasteiger partial charge in [0, 0.05) is 37.6 Å². The van der Waals surface area contributed by atoms with Crippen LogP contribution in [-0.2, 0) is 59.7 Å². The van der Waals surface area contributed by atoms with Gasteiger partial charge in [-0.1, -0.05) is 0 Å². The molecule has 0 aliphatic rings. The Morgan fingerprint density at radius 2 is 1.06 bits per heavy atom. The lowest BCUT2D eigenvalue weighted by Crippen LogP contribution is -2.51. The molecule has 0 aromatic carbocycles. The quantitative estimate of drug-likeness (QED) is 0.0545. The number of carbonyl (C=O) groups is 8. The summed E-state index contributed by atoms with van der Waals surface area (Å²) in [6, 6.07) is -5.88. The molecule has 0 spiro atoms. The van der Waals surface area contributed by atoms with Crippen LogP contribution in [0.1, 0.15) is 56.6 Å². The van der Waals surface area contributed by atoms with E-state index in [0.717, 1.165) is 0 Å². The molecule has 0 saturated heterocycles. The Morgan fingerprint density at radius 1 is 0.608 bits per heavy atom. The molecule has 0 aliphatic carbocycles. The van der Waals surface area contributed by atoms with E-state index in [9.17, 15) is 58.8 Å². The number of hydrogen-bond donors (Lipinski definition) is 9. The molecule has 0 unspecified atom stereocenters. The van der Waals surface area contributed by atoms with E-state index in [2.05, 4.69) is 15.3 Å². The number of aliphatic carboxylic acids is 6. The molecule has 0 bridgehead atoms. The number of nitrogens with one attached hydrogen (secondary N) is 3. The van der Waals surface area contributed by atoms with Gasteiger partial charge in [-0.3, -0.25) is 24.1 Å². The fraction of sp³-hybridized carbons (Fsp3) is 0.517. The Hall–Kier alpha value is -6.06. The fourth-order valence-electron chi connectivity index (χ4n) is 4.80. The van der Waals surface area contributed by atoms with Crippen molar-refractivity contribution in [1.29, 1.82) is 0 Å². The van der Waals surface area contributed by atoms with Crippen molar-refractivity contribution < 1.29 is 69.0 Å². The average Bonchev–Trinajstić information content (AvgIpc) is 3.65. The minimum atomic E-state index is -1.67. The number of amides is 3. The Labute approximate surface area is 289 Å². The molecule has 0 saturated carbocycles. The Morgan fingerprint density at radius 3 is 1.49 bits per heavy atom. The first kappa shape index (κ1) is 41.1. The lowest BCUT2D eigenvalue weighted by molar-refractivity contribution is -0.142. The second-order valence-electron chi connectivity index (χ2n) is 11.3. The zero-order valence-electron chi connectivity index (χ0n) is 27.2. The third-order valence-corrected chi connectivity index (χ3v) is 7.31. The summed E-state index contributed by atoms with van der Waals surface area (Å²) in [5, 5.41) is 61.7. The van der Waals surface area contributed by atoms with E-state index in [-0.39, 0.29) is 39.0 Å². The number of carboxylic acids is 6. The number of unbranched alkanes of at least 4 members (excludes halogenated alkanes) is 1. The van der Waals surface area contributed by atoms with Gasteiger partial charge in [0.05, 0.1) is 13.1 Å². The summed E-state index contributed by atoms with van der Waals surface area (Å²) in [4.78, 5) is 103. The van der Waals surface area contributed by atoms with Crippen LogP contribution in [0.15, 0.2) is 24.8 Å². The molecule has 51 heavy (non-hydrogen) atoms. The third kappa shape index (κ3) is 15.4. The predicted molar refractivity (Wildman–Crippen MR) is 168 cm³/mol. The Balaban J connectivity index is 1.97. The first-order chi connectivity index (χ1) is 24.0. The molecule has 2 rings (SSSR count). The topological polar surface area (TPSA) is 333 Å². The van der Waals surface area contributed by atoms with Crippen molar-refractivity contribution in [2.75, 3.05) is 6.54 Å². The molecule has 22 nitrogen and oxygen atoms in total. The Kier molecular flexibility index (Phi) is 16.5. The summed E-state index contributed by atoms with van der Waals surface area (Å²) in [6.45, 7) is -0.0713. The van der Waals surface area contributed by atoms with Crippen molar-refractivity contribution in [1.82, 2.24) is 40.0 Å². The van der Waals surface area contributed by atoms with Gasteiger partial charge in [-0.05, 0) is 38.6 Å². The van der Waals surface area contributed by atoms with Crippen LogP contribution in [0.5, 0.6) is 0 Å².